The Balaban J connectivity index is 1.57. The second-order valence-electron chi connectivity index (χ2n) is 6.40. The van der Waals surface area contributed by atoms with E-state index in [1.165, 1.54) is 43.9 Å². The zero-order valence-corrected chi connectivity index (χ0v) is 15.1. The summed E-state index contributed by atoms with van der Waals surface area (Å²) in [5.74, 6) is 0.800. The van der Waals surface area contributed by atoms with Gasteiger partial charge in [-0.2, -0.15) is 4.68 Å². The number of hydrogen-bond donors (Lipinski definition) is 2. The molecule has 3 rings (SSSR count). The maximum atomic E-state index is 12.4. The summed E-state index contributed by atoms with van der Waals surface area (Å²) in [6, 6.07) is 6.60. The predicted octanol–water partition coefficient (Wildman–Crippen LogP) is 2.55. The Labute approximate surface area is 151 Å². The summed E-state index contributed by atoms with van der Waals surface area (Å²) >= 11 is 1.32. The summed E-state index contributed by atoms with van der Waals surface area (Å²) < 4.78 is 1.56. The van der Waals surface area contributed by atoms with E-state index in [0.717, 1.165) is 12.2 Å². The summed E-state index contributed by atoms with van der Waals surface area (Å²) in [6.07, 6.45) is 6.27. The van der Waals surface area contributed by atoms with Crippen LogP contribution in [0, 0.1) is 5.92 Å². The van der Waals surface area contributed by atoms with Crippen LogP contribution >= 0.6 is 11.8 Å². The molecule has 1 aromatic carbocycles. The number of tetrazole rings is 1. The second-order valence-corrected chi connectivity index (χ2v) is 7.71. The first-order chi connectivity index (χ1) is 12.1. The van der Waals surface area contributed by atoms with Gasteiger partial charge in [0.25, 0.3) is 0 Å². The van der Waals surface area contributed by atoms with E-state index in [1.54, 1.807) is 28.9 Å². The predicted molar refractivity (Wildman–Crippen MR) is 95.7 cm³/mol. The summed E-state index contributed by atoms with van der Waals surface area (Å²) in [7, 11) is 0. The van der Waals surface area contributed by atoms with Crippen LogP contribution < -0.4 is 5.32 Å². The number of nitrogens with zero attached hydrogens (tertiary/aromatic N) is 4. The summed E-state index contributed by atoms with van der Waals surface area (Å²) in [5.41, 5.74) is 0.736. The van der Waals surface area contributed by atoms with Crippen molar-refractivity contribution in [3.8, 4) is 11.4 Å². The van der Waals surface area contributed by atoms with E-state index in [9.17, 15) is 9.90 Å². The molecular weight excluding hydrogens is 338 g/mol. The van der Waals surface area contributed by atoms with E-state index in [0.29, 0.717) is 11.1 Å². The van der Waals surface area contributed by atoms with E-state index >= 15 is 0 Å². The van der Waals surface area contributed by atoms with E-state index in [4.69, 9.17) is 0 Å². The van der Waals surface area contributed by atoms with Gasteiger partial charge >= 0.3 is 0 Å². The van der Waals surface area contributed by atoms with Crippen LogP contribution in [0.5, 0.6) is 5.75 Å². The van der Waals surface area contributed by atoms with Gasteiger partial charge < -0.3 is 10.4 Å². The number of amides is 1. The molecule has 1 aliphatic rings. The molecule has 1 fully saturated rings. The Morgan fingerprint density at radius 3 is 2.76 bits per heavy atom. The van der Waals surface area contributed by atoms with Gasteiger partial charge in [-0.05, 0) is 60.4 Å². The van der Waals surface area contributed by atoms with E-state index in [-0.39, 0.29) is 16.9 Å². The molecule has 134 valence electrons. The van der Waals surface area contributed by atoms with Gasteiger partial charge in [0.2, 0.25) is 11.1 Å². The first kappa shape index (κ1) is 17.7. The van der Waals surface area contributed by atoms with Crippen molar-refractivity contribution in [1.29, 1.82) is 0 Å². The minimum absolute atomic E-state index is 0.0100. The highest BCUT2D eigenvalue weighted by molar-refractivity contribution is 8.00. The molecule has 0 radical (unpaired) electrons. The molecule has 25 heavy (non-hydrogen) atoms. The van der Waals surface area contributed by atoms with Crippen molar-refractivity contribution >= 4 is 17.7 Å². The third kappa shape index (κ3) is 4.72. The smallest absolute Gasteiger partial charge is 0.233 e. The Morgan fingerprint density at radius 1 is 1.32 bits per heavy atom. The Bertz CT molecular complexity index is 697. The van der Waals surface area contributed by atoms with Gasteiger partial charge in [0.1, 0.15) is 5.75 Å². The standard InChI is InChI=1S/C17H23N5O2S/c1-12(16(24)18-11-13-5-3-2-4-6-13)25-17-19-20-21-22(17)14-7-9-15(23)10-8-14/h7-10,12-13,23H,2-6,11H2,1H3,(H,18,24)/t12-/m0/s1. The van der Waals surface area contributed by atoms with Crippen molar-refractivity contribution in [2.75, 3.05) is 6.54 Å². The molecule has 0 aliphatic heterocycles. The number of rotatable bonds is 6. The van der Waals surface area contributed by atoms with E-state index in [2.05, 4.69) is 20.8 Å². The molecule has 1 aromatic heterocycles. The molecular formula is C17H23N5O2S. The highest BCUT2D eigenvalue weighted by atomic mass is 32.2. The number of phenols is 1. The number of aromatic hydroxyl groups is 1. The van der Waals surface area contributed by atoms with Gasteiger partial charge in [-0.25, -0.2) is 0 Å². The summed E-state index contributed by atoms with van der Waals surface area (Å²) in [6.45, 7) is 2.61. The van der Waals surface area contributed by atoms with Crippen molar-refractivity contribution in [2.24, 2.45) is 5.92 Å². The molecule has 7 nitrogen and oxygen atoms in total. The van der Waals surface area contributed by atoms with Crippen molar-refractivity contribution < 1.29 is 9.90 Å². The summed E-state index contributed by atoms with van der Waals surface area (Å²) in [4.78, 5) is 12.4. The number of nitrogens with one attached hydrogen (secondary N) is 1. The van der Waals surface area contributed by atoms with Crippen LogP contribution in [0.25, 0.3) is 5.69 Å². The Kier molecular flexibility index (Phi) is 5.91. The van der Waals surface area contributed by atoms with Crippen LogP contribution in [0.4, 0.5) is 0 Å². The molecule has 2 N–H and O–H groups in total. The maximum absolute atomic E-state index is 12.4. The van der Waals surface area contributed by atoms with Crippen molar-refractivity contribution in [1.82, 2.24) is 25.5 Å². The molecule has 1 atom stereocenters. The molecule has 1 saturated carbocycles. The number of hydrogen-bond acceptors (Lipinski definition) is 6. The lowest BCUT2D eigenvalue weighted by Gasteiger charge is -2.22. The van der Waals surface area contributed by atoms with Gasteiger partial charge in [-0.15, -0.1) is 5.10 Å². The van der Waals surface area contributed by atoms with Gasteiger partial charge in [0.15, 0.2) is 0 Å². The average Bonchev–Trinajstić information content (AvgIpc) is 3.09. The fourth-order valence-corrected chi connectivity index (χ4v) is 3.83. The number of benzene rings is 1. The monoisotopic (exact) mass is 361 g/mol. The minimum atomic E-state index is -0.287. The molecule has 8 heteroatoms. The quantitative estimate of drug-likeness (QED) is 0.768. The van der Waals surface area contributed by atoms with Gasteiger partial charge in [-0.3, -0.25) is 4.79 Å². The van der Waals surface area contributed by atoms with Crippen LogP contribution in [-0.2, 0) is 4.79 Å². The number of carbonyl (C=O) groups is 1. The molecule has 1 aliphatic carbocycles. The minimum Gasteiger partial charge on any atom is -0.508 e. The summed E-state index contributed by atoms with van der Waals surface area (Å²) in [5, 5.41) is 24.4. The highest BCUT2D eigenvalue weighted by Crippen LogP contribution is 2.25. The van der Waals surface area contributed by atoms with Crippen molar-refractivity contribution in [3.05, 3.63) is 24.3 Å². The van der Waals surface area contributed by atoms with Gasteiger partial charge in [0.05, 0.1) is 10.9 Å². The lowest BCUT2D eigenvalue weighted by molar-refractivity contribution is -0.120. The van der Waals surface area contributed by atoms with Crippen LogP contribution in [-0.4, -0.2) is 43.0 Å². The molecule has 2 aromatic rings. The van der Waals surface area contributed by atoms with Crippen LogP contribution in [0.2, 0.25) is 0 Å². The van der Waals surface area contributed by atoms with Crippen LogP contribution in [0.3, 0.4) is 0 Å². The SMILES string of the molecule is C[C@H](Sc1nnnn1-c1ccc(O)cc1)C(=O)NCC1CCCCC1. The molecule has 0 bridgehead atoms. The van der Waals surface area contributed by atoms with Crippen LogP contribution in [0.15, 0.2) is 29.4 Å². The largest absolute Gasteiger partial charge is 0.508 e. The van der Waals surface area contributed by atoms with E-state index in [1.807, 2.05) is 6.92 Å². The first-order valence-corrected chi connectivity index (χ1v) is 9.53. The zero-order chi connectivity index (χ0) is 17.6. The third-order valence-electron chi connectivity index (χ3n) is 4.48. The molecule has 0 unspecified atom stereocenters. The lowest BCUT2D eigenvalue weighted by Crippen LogP contribution is -2.35. The molecule has 0 saturated heterocycles. The zero-order valence-electron chi connectivity index (χ0n) is 14.3. The number of phenolic OH excluding ortho intramolecular Hbond substituents is 1. The first-order valence-electron chi connectivity index (χ1n) is 8.65. The molecule has 1 amide bonds. The van der Waals surface area contributed by atoms with Crippen molar-refractivity contribution in [2.45, 2.75) is 49.4 Å². The van der Waals surface area contributed by atoms with E-state index < -0.39 is 0 Å². The highest BCUT2D eigenvalue weighted by Gasteiger charge is 2.21. The Hall–Kier alpha value is -2.09. The number of carbonyl (C=O) groups excluding carboxylic acids is 1. The fraction of sp³-hybridized carbons (Fsp3) is 0.529. The van der Waals surface area contributed by atoms with Crippen LogP contribution in [0.1, 0.15) is 39.0 Å². The fourth-order valence-electron chi connectivity index (χ4n) is 3.00. The molecule has 1 heterocycles. The molecule has 0 spiro atoms. The number of aromatic nitrogens is 4. The van der Waals surface area contributed by atoms with Crippen molar-refractivity contribution in [3.63, 3.8) is 0 Å². The Morgan fingerprint density at radius 2 is 2.04 bits per heavy atom. The van der Waals surface area contributed by atoms with Gasteiger partial charge in [-0.1, -0.05) is 31.0 Å². The maximum Gasteiger partial charge on any atom is 0.233 e. The topological polar surface area (TPSA) is 92.9 Å². The van der Waals surface area contributed by atoms with Gasteiger partial charge in [0, 0.05) is 6.54 Å². The lowest BCUT2D eigenvalue weighted by atomic mass is 9.89. The average molecular weight is 361 g/mol. The number of thioether (sulfide) groups is 1. The normalized spacial score (nSPS) is 16.5. The second kappa shape index (κ2) is 8.33. The third-order valence-corrected chi connectivity index (χ3v) is 5.51.